The molecule has 0 aliphatic rings. The van der Waals surface area contributed by atoms with Crippen LogP contribution in [0.4, 0.5) is 0 Å². The molecule has 1 heterocycles. The van der Waals surface area contributed by atoms with Crippen molar-refractivity contribution in [2.45, 2.75) is 13.0 Å². The van der Waals surface area contributed by atoms with Gasteiger partial charge in [0.15, 0.2) is 0 Å². The summed E-state index contributed by atoms with van der Waals surface area (Å²) in [6, 6.07) is 5.26. The Labute approximate surface area is 83.5 Å². The second-order valence-corrected chi connectivity index (χ2v) is 2.78. The van der Waals surface area contributed by atoms with Crippen molar-refractivity contribution >= 4 is 0 Å². The number of nitrogens with zero attached hydrogens (tertiary/aromatic N) is 1. The van der Waals surface area contributed by atoms with Crippen molar-refractivity contribution in [1.29, 1.82) is 0 Å². The minimum atomic E-state index is -0.690. The van der Waals surface area contributed by atoms with Crippen LogP contribution in [0.25, 0.3) is 0 Å². The molecule has 4 nitrogen and oxygen atoms in total. The van der Waals surface area contributed by atoms with E-state index >= 15 is 0 Å². The molecule has 78 valence electrons. The summed E-state index contributed by atoms with van der Waals surface area (Å²) in [6.07, 6.45) is -0.690. The predicted molar refractivity (Wildman–Crippen MR) is 52.2 cm³/mol. The van der Waals surface area contributed by atoms with Gasteiger partial charge in [-0.1, -0.05) is 6.07 Å². The molecule has 0 spiro atoms. The van der Waals surface area contributed by atoms with Crippen molar-refractivity contribution in [3.63, 3.8) is 0 Å². The topological polar surface area (TPSA) is 51.6 Å². The van der Waals surface area contributed by atoms with Gasteiger partial charge in [0.1, 0.15) is 6.10 Å². The molecule has 1 unspecified atom stereocenters. The van der Waals surface area contributed by atoms with E-state index in [1.54, 1.807) is 25.3 Å². The maximum Gasteiger partial charge on any atom is 0.213 e. The van der Waals surface area contributed by atoms with Crippen molar-refractivity contribution in [3.8, 4) is 5.88 Å². The molecule has 0 bridgehead atoms. The van der Waals surface area contributed by atoms with Crippen molar-refractivity contribution in [2.75, 3.05) is 20.3 Å². The van der Waals surface area contributed by atoms with Crippen LogP contribution in [0.15, 0.2) is 18.2 Å². The molecule has 0 saturated carbocycles. The average Bonchev–Trinajstić information content (AvgIpc) is 2.26. The molecule has 0 saturated heterocycles. The summed E-state index contributed by atoms with van der Waals surface area (Å²) in [6.45, 7) is 2.73. The second-order valence-electron chi connectivity index (χ2n) is 2.78. The number of aliphatic hydroxyl groups excluding tert-OH is 1. The maximum atomic E-state index is 9.63. The zero-order valence-electron chi connectivity index (χ0n) is 8.43. The van der Waals surface area contributed by atoms with Crippen LogP contribution in [0, 0.1) is 0 Å². The van der Waals surface area contributed by atoms with E-state index in [2.05, 4.69) is 4.98 Å². The third kappa shape index (κ3) is 2.97. The van der Waals surface area contributed by atoms with Gasteiger partial charge in [-0.2, -0.15) is 0 Å². The highest BCUT2D eigenvalue weighted by Crippen LogP contribution is 2.14. The van der Waals surface area contributed by atoms with Gasteiger partial charge < -0.3 is 14.6 Å². The molecule has 1 aromatic heterocycles. The number of ether oxygens (including phenoxy) is 2. The number of hydrogen-bond donors (Lipinski definition) is 1. The molecule has 0 radical (unpaired) electrons. The molecule has 1 N–H and O–H groups in total. The van der Waals surface area contributed by atoms with Gasteiger partial charge in [0.2, 0.25) is 5.88 Å². The van der Waals surface area contributed by atoms with E-state index in [0.717, 1.165) is 0 Å². The van der Waals surface area contributed by atoms with E-state index in [4.69, 9.17) is 9.47 Å². The fourth-order valence-electron chi connectivity index (χ4n) is 1.04. The summed E-state index contributed by atoms with van der Waals surface area (Å²) in [4.78, 5) is 4.09. The van der Waals surface area contributed by atoms with Gasteiger partial charge in [-0.3, -0.25) is 0 Å². The lowest BCUT2D eigenvalue weighted by molar-refractivity contribution is 0.0395. The van der Waals surface area contributed by atoms with E-state index in [9.17, 15) is 5.11 Å². The standard InChI is InChI=1S/C10H15NO3/c1-3-14-7-9(12)8-5-4-6-10(11-8)13-2/h4-6,9,12H,3,7H2,1-2H3. The van der Waals surface area contributed by atoms with Gasteiger partial charge >= 0.3 is 0 Å². The number of pyridine rings is 1. The smallest absolute Gasteiger partial charge is 0.213 e. The minimum absolute atomic E-state index is 0.261. The van der Waals surface area contributed by atoms with Crippen LogP contribution in [0.1, 0.15) is 18.7 Å². The Hall–Kier alpha value is -1.13. The molecule has 4 heteroatoms. The van der Waals surface area contributed by atoms with E-state index < -0.39 is 6.10 Å². The van der Waals surface area contributed by atoms with Gasteiger partial charge in [0.05, 0.1) is 19.4 Å². The van der Waals surface area contributed by atoms with Crippen LogP contribution in [-0.2, 0) is 4.74 Å². The molecule has 0 aliphatic carbocycles. The van der Waals surface area contributed by atoms with Crippen LogP contribution < -0.4 is 4.74 Å². The molecule has 1 rings (SSSR count). The van der Waals surface area contributed by atoms with E-state index in [1.165, 1.54) is 0 Å². The summed E-state index contributed by atoms with van der Waals surface area (Å²) in [7, 11) is 1.54. The van der Waals surface area contributed by atoms with Crippen LogP contribution in [0.3, 0.4) is 0 Å². The normalized spacial score (nSPS) is 12.5. The molecule has 1 atom stereocenters. The van der Waals surface area contributed by atoms with Crippen molar-refractivity contribution in [3.05, 3.63) is 23.9 Å². The maximum absolute atomic E-state index is 9.63. The first kappa shape index (κ1) is 10.9. The van der Waals surface area contributed by atoms with E-state index in [1.807, 2.05) is 6.92 Å². The van der Waals surface area contributed by atoms with Crippen molar-refractivity contribution in [1.82, 2.24) is 4.98 Å². The molecule has 0 amide bonds. The molecule has 0 aliphatic heterocycles. The number of rotatable bonds is 5. The van der Waals surface area contributed by atoms with Crippen LogP contribution in [0.5, 0.6) is 5.88 Å². The zero-order chi connectivity index (χ0) is 10.4. The van der Waals surface area contributed by atoms with Gasteiger partial charge in [0.25, 0.3) is 0 Å². The van der Waals surface area contributed by atoms with E-state index in [0.29, 0.717) is 18.2 Å². The Morgan fingerprint density at radius 2 is 2.29 bits per heavy atom. The first-order valence-corrected chi connectivity index (χ1v) is 4.54. The van der Waals surface area contributed by atoms with Crippen LogP contribution in [-0.4, -0.2) is 30.4 Å². The zero-order valence-corrected chi connectivity index (χ0v) is 8.43. The summed E-state index contributed by atoms with van der Waals surface area (Å²) in [5.41, 5.74) is 0.567. The Kier molecular flexibility index (Phi) is 4.35. The highest BCUT2D eigenvalue weighted by atomic mass is 16.5. The Morgan fingerprint density at radius 3 is 2.93 bits per heavy atom. The number of aliphatic hydroxyl groups is 1. The summed E-state index contributed by atoms with van der Waals surface area (Å²) in [5, 5.41) is 9.63. The third-order valence-electron chi connectivity index (χ3n) is 1.78. The first-order chi connectivity index (χ1) is 6.77. The number of aromatic nitrogens is 1. The number of methoxy groups -OCH3 is 1. The lowest BCUT2D eigenvalue weighted by Gasteiger charge is -2.10. The largest absolute Gasteiger partial charge is 0.481 e. The van der Waals surface area contributed by atoms with Gasteiger partial charge in [-0.05, 0) is 13.0 Å². The monoisotopic (exact) mass is 197 g/mol. The molecule has 0 aromatic carbocycles. The second kappa shape index (κ2) is 5.57. The SMILES string of the molecule is CCOCC(O)c1cccc(OC)n1. The summed E-state index contributed by atoms with van der Waals surface area (Å²) >= 11 is 0. The van der Waals surface area contributed by atoms with Crippen LogP contribution in [0.2, 0.25) is 0 Å². The predicted octanol–water partition coefficient (Wildman–Crippen LogP) is 1.16. The molecule has 14 heavy (non-hydrogen) atoms. The fraction of sp³-hybridized carbons (Fsp3) is 0.500. The van der Waals surface area contributed by atoms with Gasteiger partial charge in [0, 0.05) is 12.7 Å². The Balaban J connectivity index is 2.64. The van der Waals surface area contributed by atoms with Gasteiger partial charge in [-0.25, -0.2) is 4.98 Å². The van der Waals surface area contributed by atoms with E-state index in [-0.39, 0.29) is 6.61 Å². The quantitative estimate of drug-likeness (QED) is 0.769. The highest BCUT2D eigenvalue weighted by Gasteiger charge is 2.09. The fourth-order valence-corrected chi connectivity index (χ4v) is 1.04. The highest BCUT2D eigenvalue weighted by molar-refractivity contribution is 5.17. The lowest BCUT2D eigenvalue weighted by Crippen LogP contribution is -2.09. The number of hydrogen-bond acceptors (Lipinski definition) is 4. The van der Waals surface area contributed by atoms with Gasteiger partial charge in [-0.15, -0.1) is 0 Å². The molecular formula is C10H15NO3. The summed E-state index contributed by atoms with van der Waals surface area (Å²) < 4.78 is 10.0. The molecule has 1 aromatic rings. The third-order valence-corrected chi connectivity index (χ3v) is 1.78. The minimum Gasteiger partial charge on any atom is -0.481 e. The first-order valence-electron chi connectivity index (χ1n) is 4.54. The molecule has 0 fully saturated rings. The average molecular weight is 197 g/mol. The van der Waals surface area contributed by atoms with Crippen molar-refractivity contribution < 1.29 is 14.6 Å². The van der Waals surface area contributed by atoms with Crippen molar-refractivity contribution in [2.24, 2.45) is 0 Å². The van der Waals surface area contributed by atoms with Crippen LogP contribution >= 0.6 is 0 Å². The summed E-state index contributed by atoms with van der Waals surface area (Å²) in [5.74, 6) is 0.498. The Bertz CT molecular complexity index is 278. The lowest BCUT2D eigenvalue weighted by atomic mass is 10.2. The Morgan fingerprint density at radius 1 is 1.50 bits per heavy atom. The molecular weight excluding hydrogens is 182 g/mol.